The summed E-state index contributed by atoms with van der Waals surface area (Å²) in [7, 11) is 0. The van der Waals surface area contributed by atoms with E-state index < -0.39 is 0 Å². The molecule has 14 heavy (non-hydrogen) atoms. The first-order chi connectivity index (χ1) is 6.69. The van der Waals surface area contributed by atoms with Gasteiger partial charge in [0.1, 0.15) is 5.58 Å². The molecule has 0 radical (unpaired) electrons. The summed E-state index contributed by atoms with van der Waals surface area (Å²) in [6, 6.07) is 4.97. The van der Waals surface area contributed by atoms with Crippen molar-refractivity contribution < 1.29 is 4.42 Å². The van der Waals surface area contributed by atoms with Gasteiger partial charge in [-0.25, -0.2) is 4.79 Å². The van der Waals surface area contributed by atoms with Gasteiger partial charge in [-0.3, -0.25) is 0 Å². The minimum atomic E-state index is -0.318. The average molecular weight is 321 g/mol. The normalized spacial score (nSPS) is 8.79. The Kier molecular flexibility index (Phi) is 4.23. The molecule has 0 unspecified atom stereocenters. The second kappa shape index (κ2) is 5.23. The molecule has 0 spiro atoms. The van der Waals surface area contributed by atoms with Crippen LogP contribution in [0.15, 0.2) is 27.4 Å². The molecular weight excluding hydrogens is 314 g/mol. The summed E-state index contributed by atoms with van der Waals surface area (Å²) >= 11 is 7.64. The number of hydrogen-bond donors (Lipinski definition) is 0. The average Bonchev–Trinajstić information content (AvgIpc) is 2.20. The Morgan fingerprint density at radius 2 is 2.14 bits per heavy atom. The predicted molar refractivity (Wildman–Crippen MR) is 66.2 cm³/mol. The highest BCUT2D eigenvalue weighted by atomic mass is 127. The standard InChI is InChI=1S/C7H3ClO2.C3H3I/c8-5-3-4-1-2-6(5)10-7(4)9;1-2-3-4/h1-3H;1H3. The van der Waals surface area contributed by atoms with Crippen LogP contribution in [0.1, 0.15) is 6.92 Å². The highest BCUT2D eigenvalue weighted by molar-refractivity contribution is 14.1. The molecule has 1 aromatic carbocycles. The molecule has 0 atom stereocenters. The molecular formula is C10H6ClIO2. The number of benzene rings is 1. The monoisotopic (exact) mass is 320 g/mol. The summed E-state index contributed by atoms with van der Waals surface area (Å²) in [5.41, 5.74) is 0.128. The van der Waals surface area contributed by atoms with E-state index in [9.17, 15) is 4.79 Å². The smallest absolute Gasteiger partial charge is 0.343 e. The van der Waals surface area contributed by atoms with E-state index in [-0.39, 0.29) is 5.63 Å². The van der Waals surface area contributed by atoms with Crippen molar-refractivity contribution in [3.05, 3.63) is 33.6 Å². The molecule has 3 aromatic rings. The summed E-state index contributed by atoms with van der Waals surface area (Å²) in [6.45, 7) is 1.81. The minimum absolute atomic E-state index is 0.318. The van der Waals surface area contributed by atoms with Crippen LogP contribution >= 0.6 is 34.2 Å². The number of fused-ring (bicyclic) bond motifs is 3. The van der Waals surface area contributed by atoms with E-state index >= 15 is 0 Å². The summed E-state index contributed by atoms with van der Waals surface area (Å²) in [5.74, 6) is 2.67. The second-order valence-corrected chi connectivity index (χ2v) is 3.33. The maximum Gasteiger partial charge on any atom is 0.343 e. The molecule has 2 bridgehead atoms. The van der Waals surface area contributed by atoms with E-state index in [1.165, 1.54) is 0 Å². The van der Waals surface area contributed by atoms with Gasteiger partial charge in [-0.1, -0.05) is 17.5 Å². The van der Waals surface area contributed by atoms with Crippen LogP contribution in [0.2, 0.25) is 5.02 Å². The Bertz CT molecular complexity index is 515. The van der Waals surface area contributed by atoms with Gasteiger partial charge in [-0.2, -0.15) is 0 Å². The molecule has 0 aliphatic heterocycles. The molecule has 2 heterocycles. The van der Waals surface area contributed by atoms with Crippen molar-refractivity contribution in [2.45, 2.75) is 6.92 Å². The summed E-state index contributed by atoms with van der Waals surface area (Å²) in [5, 5.41) is 1.01. The predicted octanol–water partition coefficient (Wildman–Crippen LogP) is 3.29. The molecule has 0 amide bonds. The number of hydrogen-bond acceptors (Lipinski definition) is 2. The number of rotatable bonds is 0. The van der Waals surface area contributed by atoms with Gasteiger partial charge in [0.05, 0.1) is 10.4 Å². The summed E-state index contributed by atoms with van der Waals surface area (Å²) < 4.78 is 7.40. The van der Waals surface area contributed by atoms with Crippen LogP contribution in [0, 0.1) is 9.85 Å². The van der Waals surface area contributed by atoms with Crippen molar-refractivity contribution in [1.29, 1.82) is 0 Å². The van der Waals surface area contributed by atoms with Crippen LogP contribution in [0.5, 0.6) is 0 Å². The lowest BCUT2D eigenvalue weighted by molar-refractivity contribution is 0.562. The van der Waals surface area contributed by atoms with Crippen molar-refractivity contribution in [3.63, 3.8) is 0 Å². The molecule has 0 aliphatic rings. The summed E-state index contributed by atoms with van der Waals surface area (Å²) in [6.07, 6.45) is 0. The van der Waals surface area contributed by atoms with Crippen molar-refractivity contribution in [3.8, 4) is 9.85 Å². The van der Waals surface area contributed by atoms with Crippen LogP contribution in [0.25, 0.3) is 11.0 Å². The molecule has 3 rings (SSSR count). The Hall–Kier alpha value is -0.730. The quantitative estimate of drug-likeness (QED) is 0.551. The first kappa shape index (κ1) is 11.3. The Morgan fingerprint density at radius 3 is 2.36 bits per heavy atom. The maximum absolute atomic E-state index is 10.8. The molecule has 4 heteroatoms. The zero-order chi connectivity index (χ0) is 10.6. The molecule has 2 nitrogen and oxygen atoms in total. The molecule has 2 aromatic heterocycles. The third-order valence-corrected chi connectivity index (χ3v) is 2.30. The fourth-order valence-electron chi connectivity index (χ4n) is 0.869. The largest absolute Gasteiger partial charge is 0.421 e. The third-order valence-electron chi connectivity index (χ3n) is 1.46. The molecule has 0 N–H and O–H groups in total. The minimum Gasteiger partial charge on any atom is -0.421 e. The van der Waals surface area contributed by atoms with Crippen LogP contribution in [0.4, 0.5) is 0 Å². The first-order valence-electron chi connectivity index (χ1n) is 3.73. The van der Waals surface area contributed by atoms with E-state index in [0.29, 0.717) is 16.0 Å². The van der Waals surface area contributed by atoms with E-state index in [1.807, 2.05) is 29.5 Å². The fraction of sp³-hybridized carbons (Fsp3) is 0.100. The van der Waals surface area contributed by atoms with E-state index in [1.54, 1.807) is 18.2 Å². The van der Waals surface area contributed by atoms with Crippen molar-refractivity contribution in [1.82, 2.24) is 0 Å². The van der Waals surface area contributed by atoms with Crippen molar-refractivity contribution in [2.75, 3.05) is 0 Å². The Balaban J connectivity index is 0.000000213. The molecule has 0 saturated heterocycles. The van der Waals surface area contributed by atoms with Gasteiger partial charge in [-0.15, -0.1) is 0 Å². The topological polar surface area (TPSA) is 30.2 Å². The van der Waals surface area contributed by atoms with Gasteiger partial charge >= 0.3 is 5.63 Å². The van der Waals surface area contributed by atoms with Crippen LogP contribution < -0.4 is 5.63 Å². The lowest BCUT2D eigenvalue weighted by Gasteiger charge is -1.96. The van der Waals surface area contributed by atoms with Gasteiger partial charge < -0.3 is 4.42 Å². The van der Waals surface area contributed by atoms with Crippen LogP contribution in [-0.4, -0.2) is 0 Å². The van der Waals surface area contributed by atoms with Crippen LogP contribution in [0.3, 0.4) is 0 Å². The Morgan fingerprint density at radius 1 is 1.50 bits per heavy atom. The maximum atomic E-state index is 10.8. The van der Waals surface area contributed by atoms with Crippen molar-refractivity contribution in [2.24, 2.45) is 0 Å². The zero-order valence-electron chi connectivity index (χ0n) is 7.30. The Labute approximate surface area is 99.7 Å². The fourth-order valence-corrected chi connectivity index (χ4v) is 1.09. The van der Waals surface area contributed by atoms with Gasteiger partial charge in [0, 0.05) is 22.6 Å². The lowest BCUT2D eigenvalue weighted by atomic mass is 10.2. The molecule has 72 valence electrons. The zero-order valence-corrected chi connectivity index (χ0v) is 10.2. The third kappa shape index (κ3) is 2.63. The SMILES string of the molecule is CC#CI.O=c1oc2ccc1cc2Cl. The highest BCUT2D eigenvalue weighted by Crippen LogP contribution is 2.19. The highest BCUT2D eigenvalue weighted by Gasteiger charge is 2.03. The van der Waals surface area contributed by atoms with Gasteiger partial charge in [0.2, 0.25) is 0 Å². The molecule has 0 fully saturated rings. The lowest BCUT2D eigenvalue weighted by Crippen LogP contribution is -1.99. The van der Waals surface area contributed by atoms with Gasteiger partial charge in [0.15, 0.2) is 0 Å². The molecule has 0 saturated carbocycles. The van der Waals surface area contributed by atoms with Gasteiger partial charge in [-0.05, 0) is 29.1 Å². The van der Waals surface area contributed by atoms with E-state index in [2.05, 4.69) is 9.85 Å². The first-order valence-corrected chi connectivity index (χ1v) is 5.19. The van der Waals surface area contributed by atoms with Crippen molar-refractivity contribution >= 4 is 45.2 Å². The second-order valence-electron chi connectivity index (χ2n) is 2.38. The van der Waals surface area contributed by atoms with Gasteiger partial charge in [0.25, 0.3) is 0 Å². The number of halogens is 2. The van der Waals surface area contributed by atoms with E-state index in [4.69, 9.17) is 16.0 Å². The van der Waals surface area contributed by atoms with Crippen LogP contribution in [-0.2, 0) is 0 Å². The molecule has 0 aliphatic carbocycles. The van der Waals surface area contributed by atoms with E-state index in [0.717, 1.165) is 0 Å². The summed E-state index contributed by atoms with van der Waals surface area (Å²) in [4.78, 5) is 10.8.